The summed E-state index contributed by atoms with van der Waals surface area (Å²) >= 11 is 0. The van der Waals surface area contributed by atoms with Gasteiger partial charge in [0, 0.05) is 19.2 Å². The number of aromatic carboxylic acids is 1. The molecular formula is C36H46N4O8S. The molecule has 0 bridgehead atoms. The number of anilines is 1. The molecule has 5 N–H and O–H groups in total. The largest absolute Gasteiger partial charge is 0.478 e. The summed E-state index contributed by atoms with van der Waals surface area (Å²) in [6, 6.07) is 19.2. The van der Waals surface area contributed by atoms with Crippen LogP contribution >= 0.6 is 0 Å². The zero-order valence-corrected chi connectivity index (χ0v) is 29.2. The van der Waals surface area contributed by atoms with E-state index in [2.05, 4.69) is 16.0 Å². The highest BCUT2D eigenvalue weighted by Crippen LogP contribution is 2.21. The Labute approximate surface area is 288 Å². The van der Waals surface area contributed by atoms with Gasteiger partial charge >= 0.3 is 5.97 Å². The second-order valence-corrected chi connectivity index (χ2v) is 14.7. The first kappa shape index (κ1) is 38.7. The van der Waals surface area contributed by atoms with E-state index in [0.29, 0.717) is 23.2 Å². The molecule has 3 aromatic rings. The van der Waals surface area contributed by atoms with Gasteiger partial charge in [-0.25, -0.2) is 13.2 Å². The summed E-state index contributed by atoms with van der Waals surface area (Å²) in [6.45, 7) is 7.48. The molecule has 49 heavy (non-hydrogen) atoms. The van der Waals surface area contributed by atoms with E-state index in [4.69, 9.17) is 5.11 Å². The van der Waals surface area contributed by atoms with Crippen molar-refractivity contribution >= 4 is 39.4 Å². The van der Waals surface area contributed by atoms with Crippen LogP contribution in [0.2, 0.25) is 0 Å². The van der Waals surface area contributed by atoms with Gasteiger partial charge in [-0.05, 0) is 59.7 Å². The molecule has 264 valence electrons. The number of amides is 3. The molecule has 0 saturated heterocycles. The Balaban J connectivity index is 1.64. The van der Waals surface area contributed by atoms with Gasteiger partial charge in [0.1, 0.15) is 6.04 Å². The predicted octanol–water partition coefficient (Wildman–Crippen LogP) is 3.70. The van der Waals surface area contributed by atoms with E-state index in [1.165, 1.54) is 31.3 Å². The number of rotatable bonds is 17. The van der Waals surface area contributed by atoms with Crippen LogP contribution in [-0.4, -0.2) is 67.6 Å². The van der Waals surface area contributed by atoms with E-state index in [9.17, 15) is 32.7 Å². The predicted molar refractivity (Wildman–Crippen MR) is 187 cm³/mol. The number of hydrogen-bond donors (Lipinski definition) is 5. The minimum atomic E-state index is -3.75. The first-order valence-corrected chi connectivity index (χ1v) is 17.7. The molecule has 0 fully saturated rings. The maximum atomic E-state index is 13.4. The Morgan fingerprint density at radius 2 is 1.47 bits per heavy atom. The Kier molecular flexibility index (Phi) is 13.9. The Morgan fingerprint density at radius 3 is 2.06 bits per heavy atom. The van der Waals surface area contributed by atoms with Crippen LogP contribution in [0, 0.1) is 11.8 Å². The first-order valence-electron chi connectivity index (χ1n) is 16.1. The van der Waals surface area contributed by atoms with Gasteiger partial charge in [-0.1, -0.05) is 76.2 Å². The second-order valence-electron chi connectivity index (χ2n) is 12.7. The van der Waals surface area contributed by atoms with Crippen molar-refractivity contribution in [1.29, 1.82) is 0 Å². The summed E-state index contributed by atoms with van der Waals surface area (Å²) in [5, 5.41) is 28.4. The molecule has 0 aromatic heterocycles. The van der Waals surface area contributed by atoms with E-state index in [1.807, 2.05) is 13.8 Å². The second kappa shape index (κ2) is 17.6. The fraction of sp³-hybridized carbons (Fsp3) is 0.389. The summed E-state index contributed by atoms with van der Waals surface area (Å²) in [7, 11) is -2.33. The van der Waals surface area contributed by atoms with E-state index < -0.39 is 51.9 Å². The number of carboxylic acids is 1. The third-order valence-electron chi connectivity index (χ3n) is 7.92. The summed E-state index contributed by atoms with van der Waals surface area (Å²) < 4.78 is 27.3. The maximum absolute atomic E-state index is 13.4. The highest BCUT2D eigenvalue weighted by molar-refractivity contribution is 7.92. The fourth-order valence-corrected chi connectivity index (χ4v) is 6.36. The minimum absolute atomic E-state index is 0.0439. The quantitative estimate of drug-likeness (QED) is 0.142. The van der Waals surface area contributed by atoms with Crippen molar-refractivity contribution in [3.8, 4) is 0 Å². The first-order chi connectivity index (χ1) is 23.1. The van der Waals surface area contributed by atoms with Crippen molar-refractivity contribution in [3.63, 3.8) is 0 Å². The van der Waals surface area contributed by atoms with Gasteiger partial charge in [0.25, 0.3) is 5.91 Å². The molecule has 12 nitrogen and oxygen atoms in total. The normalized spacial score (nSPS) is 13.3. The average Bonchev–Trinajstić information content (AvgIpc) is 3.05. The molecule has 0 heterocycles. The SMILES string of the molecule is CC(C)C[C@H](NC(=O)c1cccc(N(C)S(=O)(=O)Cc2ccccc2)c1)[C@@H](O)CC(=O)N[C@H](C(=O)NCc1ccc(C(=O)O)cc1)C(C)C. The molecule has 0 spiro atoms. The maximum Gasteiger partial charge on any atom is 0.335 e. The van der Waals surface area contributed by atoms with Crippen molar-refractivity contribution in [2.45, 2.75) is 71.0 Å². The van der Waals surface area contributed by atoms with Gasteiger partial charge in [-0.2, -0.15) is 0 Å². The van der Waals surface area contributed by atoms with Gasteiger partial charge in [0.15, 0.2) is 0 Å². The summed E-state index contributed by atoms with van der Waals surface area (Å²) in [5.74, 6) is -3.08. The standard InChI is InChI=1S/C36H46N4O8S/c1-23(2)18-30(38-34(43)28-12-9-13-29(19-28)40(5)49(47,48)22-26-10-7-6-8-11-26)31(41)20-32(42)39-33(24(3)4)35(44)37-21-25-14-16-27(17-15-25)36(45)46/h6-17,19,23-24,30-31,33,41H,18,20-22H2,1-5H3,(H,37,44)(H,38,43)(H,39,42)(H,45,46)/t30-,31-,33-/m0/s1. The van der Waals surface area contributed by atoms with Crippen LogP contribution in [0.4, 0.5) is 5.69 Å². The molecule has 0 radical (unpaired) electrons. The number of aliphatic hydroxyl groups is 1. The molecular weight excluding hydrogens is 648 g/mol. The van der Waals surface area contributed by atoms with Gasteiger partial charge in [0.2, 0.25) is 21.8 Å². The van der Waals surface area contributed by atoms with Crippen LogP contribution in [0.15, 0.2) is 78.9 Å². The van der Waals surface area contributed by atoms with Crippen LogP contribution < -0.4 is 20.3 Å². The molecule has 0 aliphatic heterocycles. The molecule has 3 amide bonds. The van der Waals surface area contributed by atoms with Gasteiger partial charge in [0.05, 0.1) is 35.6 Å². The summed E-state index contributed by atoms with van der Waals surface area (Å²) in [5.41, 5.74) is 1.90. The smallest absolute Gasteiger partial charge is 0.335 e. The minimum Gasteiger partial charge on any atom is -0.478 e. The molecule has 0 aliphatic rings. The fourth-order valence-electron chi connectivity index (χ4n) is 5.12. The number of sulfonamides is 1. The number of carbonyl (C=O) groups excluding carboxylic acids is 3. The summed E-state index contributed by atoms with van der Waals surface area (Å²) in [6.07, 6.45) is -1.32. The summed E-state index contributed by atoms with van der Waals surface area (Å²) in [4.78, 5) is 50.5. The lowest BCUT2D eigenvalue weighted by Gasteiger charge is -2.27. The molecule has 3 rings (SSSR count). The third kappa shape index (κ3) is 11.7. The molecule has 3 atom stereocenters. The zero-order valence-electron chi connectivity index (χ0n) is 28.4. The lowest BCUT2D eigenvalue weighted by atomic mass is 9.96. The Morgan fingerprint density at radius 1 is 0.816 bits per heavy atom. The molecule has 0 unspecified atom stereocenters. The van der Waals surface area contributed by atoms with Crippen LogP contribution in [0.5, 0.6) is 0 Å². The number of carboxylic acid groups (broad SMARTS) is 1. The highest BCUT2D eigenvalue weighted by Gasteiger charge is 2.29. The van der Waals surface area contributed by atoms with Crippen LogP contribution in [0.3, 0.4) is 0 Å². The third-order valence-corrected chi connectivity index (χ3v) is 9.66. The van der Waals surface area contributed by atoms with Crippen molar-refractivity contribution in [2.24, 2.45) is 11.8 Å². The number of nitrogens with one attached hydrogen (secondary N) is 3. The van der Waals surface area contributed by atoms with Gasteiger partial charge < -0.3 is 26.2 Å². The lowest BCUT2D eigenvalue weighted by molar-refractivity contribution is -0.131. The van der Waals surface area contributed by atoms with E-state index in [0.717, 1.165) is 4.31 Å². The van der Waals surface area contributed by atoms with Crippen LogP contribution in [0.1, 0.15) is 72.4 Å². The number of carbonyl (C=O) groups is 4. The highest BCUT2D eigenvalue weighted by atomic mass is 32.2. The van der Waals surface area contributed by atoms with Crippen LogP contribution in [-0.2, 0) is 31.9 Å². The molecule has 0 aliphatic carbocycles. The van der Waals surface area contributed by atoms with Crippen molar-refractivity contribution in [1.82, 2.24) is 16.0 Å². The van der Waals surface area contributed by atoms with Crippen molar-refractivity contribution < 1.29 is 37.8 Å². The van der Waals surface area contributed by atoms with E-state index >= 15 is 0 Å². The molecule has 13 heteroatoms. The van der Waals surface area contributed by atoms with Gasteiger partial charge in [-0.15, -0.1) is 0 Å². The topological polar surface area (TPSA) is 182 Å². The molecule has 3 aromatic carbocycles. The number of hydrogen-bond acceptors (Lipinski definition) is 7. The van der Waals surface area contributed by atoms with Crippen LogP contribution in [0.25, 0.3) is 0 Å². The number of aliphatic hydroxyl groups excluding tert-OH is 1. The Hall–Kier alpha value is -4.75. The number of nitrogens with zero attached hydrogens (tertiary/aromatic N) is 1. The van der Waals surface area contributed by atoms with Crippen molar-refractivity contribution in [2.75, 3.05) is 11.4 Å². The zero-order chi connectivity index (χ0) is 36.3. The van der Waals surface area contributed by atoms with E-state index in [-0.39, 0.29) is 41.7 Å². The van der Waals surface area contributed by atoms with E-state index in [1.54, 1.807) is 68.4 Å². The van der Waals surface area contributed by atoms with Gasteiger partial charge in [-0.3, -0.25) is 18.7 Å². The molecule has 0 saturated carbocycles. The monoisotopic (exact) mass is 694 g/mol. The van der Waals surface area contributed by atoms with Crippen molar-refractivity contribution in [3.05, 3.63) is 101 Å². The number of benzene rings is 3. The average molecular weight is 695 g/mol. The Bertz CT molecular complexity index is 1700. The lowest BCUT2D eigenvalue weighted by Crippen LogP contribution is -2.51.